The third-order valence-electron chi connectivity index (χ3n) is 2.88. The van der Waals surface area contributed by atoms with Crippen LogP contribution >= 0.6 is 11.6 Å². The Morgan fingerprint density at radius 2 is 2.20 bits per heavy atom. The predicted octanol–water partition coefficient (Wildman–Crippen LogP) is 1.79. The minimum Gasteiger partial charge on any atom is -0.495 e. The van der Waals surface area contributed by atoms with Crippen LogP contribution in [0.3, 0.4) is 0 Å². The number of rotatable bonds is 3. The van der Waals surface area contributed by atoms with Gasteiger partial charge in [-0.25, -0.2) is 0 Å². The number of hydrogen-bond donors (Lipinski definition) is 1. The summed E-state index contributed by atoms with van der Waals surface area (Å²) in [6, 6.07) is 5.83. The Balaban J connectivity index is 2.33. The molecule has 0 aromatic heterocycles. The Kier molecular flexibility index (Phi) is 2.87. The summed E-state index contributed by atoms with van der Waals surface area (Å²) in [6.07, 6.45) is 0. The van der Waals surface area contributed by atoms with Crippen LogP contribution in [0.2, 0.25) is 5.02 Å². The van der Waals surface area contributed by atoms with Crippen molar-refractivity contribution in [3.63, 3.8) is 0 Å². The number of hydrogen-bond acceptors (Lipinski definition) is 3. The maximum absolute atomic E-state index is 6.08. The van der Waals surface area contributed by atoms with Crippen molar-refractivity contribution in [1.82, 2.24) is 5.32 Å². The molecule has 0 aliphatic carbocycles. The second-order valence-electron chi connectivity index (χ2n) is 3.67. The van der Waals surface area contributed by atoms with Gasteiger partial charge < -0.3 is 14.8 Å². The second kappa shape index (κ2) is 4.00. The fourth-order valence-electron chi connectivity index (χ4n) is 1.73. The summed E-state index contributed by atoms with van der Waals surface area (Å²) in [6.45, 7) is 1.37. The van der Waals surface area contributed by atoms with Gasteiger partial charge in [-0.05, 0) is 24.7 Å². The van der Waals surface area contributed by atoms with Crippen molar-refractivity contribution in [2.45, 2.75) is 5.54 Å². The van der Waals surface area contributed by atoms with Gasteiger partial charge in [-0.3, -0.25) is 0 Å². The lowest BCUT2D eigenvalue weighted by molar-refractivity contribution is -0.0747. The van der Waals surface area contributed by atoms with E-state index in [1.807, 2.05) is 25.2 Å². The third kappa shape index (κ3) is 1.71. The maximum atomic E-state index is 6.08. The molecule has 1 aromatic carbocycles. The van der Waals surface area contributed by atoms with Gasteiger partial charge >= 0.3 is 0 Å². The van der Waals surface area contributed by atoms with Crippen LogP contribution in [-0.4, -0.2) is 27.4 Å². The number of ether oxygens (including phenoxy) is 2. The maximum Gasteiger partial charge on any atom is 0.137 e. The molecule has 82 valence electrons. The van der Waals surface area contributed by atoms with Crippen molar-refractivity contribution in [1.29, 1.82) is 0 Å². The smallest absolute Gasteiger partial charge is 0.137 e. The van der Waals surface area contributed by atoms with Crippen molar-refractivity contribution >= 4 is 11.6 Å². The molecule has 15 heavy (non-hydrogen) atoms. The minimum absolute atomic E-state index is 0.0735. The molecule has 4 heteroatoms. The first-order valence-electron chi connectivity index (χ1n) is 4.82. The van der Waals surface area contributed by atoms with Gasteiger partial charge in [-0.1, -0.05) is 17.7 Å². The molecule has 0 saturated carbocycles. The Morgan fingerprint density at radius 3 is 2.60 bits per heavy atom. The largest absolute Gasteiger partial charge is 0.495 e. The van der Waals surface area contributed by atoms with Gasteiger partial charge in [0.1, 0.15) is 5.75 Å². The zero-order valence-electron chi connectivity index (χ0n) is 8.84. The van der Waals surface area contributed by atoms with Crippen LogP contribution in [0.25, 0.3) is 0 Å². The molecular weight excluding hydrogens is 214 g/mol. The molecule has 0 spiro atoms. The van der Waals surface area contributed by atoms with Gasteiger partial charge in [-0.2, -0.15) is 0 Å². The summed E-state index contributed by atoms with van der Waals surface area (Å²) in [5.74, 6) is 0.701. The molecular formula is C11H14ClNO2. The Morgan fingerprint density at radius 1 is 1.47 bits per heavy atom. The van der Waals surface area contributed by atoms with E-state index < -0.39 is 0 Å². The lowest BCUT2D eigenvalue weighted by Crippen LogP contribution is -2.56. The van der Waals surface area contributed by atoms with Crippen LogP contribution in [0.4, 0.5) is 0 Å². The highest BCUT2D eigenvalue weighted by molar-refractivity contribution is 6.32. The summed E-state index contributed by atoms with van der Waals surface area (Å²) in [5, 5.41) is 3.91. The Labute approximate surface area is 94.3 Å². The highest BCUT2D eigenvalue weighted by Crippen LogP contribution is 2.34. The molecule has 0 atom stereocenters. The topological polar surface area (TPSA) is 30.5 Å². The van der Waals surface area contributed by atoms with Crippen LogP contribution in [0, 0.1) is 0 Å². The minimum atomic E-state index is -0.0735. The van der Waals surface area contributed by atoms with E-state index in [1.165, 1.54) is 0 Å². The fourth-order valence-corrected chi connectivity index (χ4v) is 1.98. The first-order valence-corrected chi connectivity index (χ1v) is 5.20. The van der Waals surface area contributed by atoms with Crippen molar-refractivity contribution in [2.75, 3.05) is 27.4 Å². The summed E-state index contributed by atoms with van der Waals surface area (Å²) in [7, 11) is 3.54. The molecule has 1 aliphatic rings. The van der Waals surface area contributed by atoms with Crippen LogP contribution in [-0.2, 0) is 10.3 Å². The first-order chi connectivity index (χ1) is 7.22. The van der Waals surface area contributed by atoms with Crippen LogP contribution in [0.15, 0.2) is 18.2 Å². The lowest BCUT2D eigenvalue weighted by Gasteiger charge is -2.41. The third-order valence-corrected chi connectivity index (χ3v) is 3.18. The van der Waals surface area contributed by atoms with Crippen LogP contribution < -0.4 is 10.1 Å². The first kappa shape index (κ1) is 10.7. The van der Waals surface area contributed by atoms with Crippen molar-refractivity contribution in [3.05, 3.63) is 28.8 Å². The van der Waals surface area contributed by atoms with Gasteiger partial charge in [-0.15, -0.1) is 0 Å². The molecule has 0 amide bonds. The summed E-state index contributed by atoms with van der Waals surface area (Å²) < 4.78 is 10.4. The molecule has 1 fully saturated rings. The number of benzene rings is 1. The van der Waals surface area contributed by atoms with Gasteiger partial charge in [0.2, 0.25) is 0 Å². The SMILES string of the molecule is CNC1(c2ccc(OC)c(Cl)c2)COC1. The van der Waals surface area contributed by atoms with Gasteiger partial charge in [0, 0.05) is 0 Å². The number of methoxy groups -OCH3 is 1. The van der Waals surface area contributed by atoms with E-state index in [0.717, 1.165) is 5.56 Å². The van der Waals surface area contributed by atoms with E-state index in [2.05, 4.69) is 5.32 Å². The molecule has 1 aliphatic heterocycles. The van der Waals surface area contributed by atoms with Crippen molar-refractivity contribution < 1.29 is 9.47 Å². The molecule has 3 nitrogen and oxygen atoms in total. The summed E-state index contributed by atoms with van der Waals surface area (Å²) in [4.78, 5) is 0. The standard InChI is InChI=1S/C11H14ClNO2/c1-13-11(6-15-7-11)8-3-4-10(14-2)9(12)5-8/h3-5,13H,6-7H2,1-2H3. The Hall–Kier alpha value is -0.770. The zero-order chi connectivity index (χ0) is 10.9. The van der Waals surface area contributed by atoms with Gasteiger partial charge in [0.25, 0.3) is 0 Å². The molecule has 1 N–H and O–H groups in total. The van der Waals surface area contributed by atoms with Crippen molar-refractivity contribution in [3.8, 4) is 5.75 Å². The number of nitrogens with one attached hydrogen (secondary N) is 1. The summed E-state index contributed by atoms with van der Waals surface area (Å²) >= 11 is 6.08. The van der Waals surface area contributed by atoms with Crippen LogP contribution in [0.5, 0.6) is 5.75 Å². The van der Waals surface area contributed by atoms with E-state index in [9.17, 15) is 0 Å². The highest BCUT2D eigenvalue weighted by atomic mass is 35.5. The molecule has 0 radical (unpaired) electrons. The molecule has 2 rings (SSSR count). The average Bonchev–Trinajstić information content (AvgIpc) is 2.17. The van der Waals surface area contributed by atoms with Crippen LogP contribution in [0.1, 0.15) is 5.56 Å². The highest BCUT2D eigenvalue weighted by Gasteiger charge is 2.38. The zero-order valence-corrected chi connectivity index (χ0v) is 9.60. The predicted molar refractivity (Wildman–Crippen MR) is 59.6 cm³/mol. The van der Waals surface area contributed by atoms with Crippen molar-refractivity contribution in [2.24, 2.45) is 0 Å². The molecule has 1 aromatic rings. The van der Waals surface area contributed by atoms with E-state index >= 15 is 0 Å². The molecule has 1 heterocycles. The normalized spacial score (nSPS) is 18.3. The van der Waals surface area contributed by atoms with E-state index in [1.54, 1.807) is 7.11 Å². The molecule has 0 bridgehead atoms. The number of likely N-dealkylation sites (N-methyl/N-ethyl adjacent to an activating group) is 1. The fraction of sp³-hybridized carbons (Fsp3) is 0.455. The lowest BCUT2D eigenvalue weighted by atomic mass is 9.88. The number of halogens is 1. The van der Waals surface area contributed by atoms with Gasteiger partial charge in [0.05, 0.1) is 30.9 Å². The van der Waals surface area contributed by atoms with E-state index in [0.29, 0.717) is 24.0 Å². The quantitative estimate of drug-likeness (QED) is 0.854. The van der Waals surface area contributed by atoms with E-state index in [-0.39, 0.29) is 5.54 Å². The monoisotopic (exact) mass is 227 g/mol. The average molecular weight is 228 g/mol. The molecule has 1 saturated heterocycles. The Bertz CT molecular complexity index is 358. The molecule has 0 unspecified atom stereocenters. The summed E-state index contributed by atoms with van der Waals surface area (Å²) in [5.41, 5.74) is 1.07. The van der Waals surface area contributed by atoms with E-state index in [4.69, 9.17) is 21.1 Å². The van der Waals surface area contributed by atoms with Gasteiger partial charge in [0.15, 0.2) is 0 Å². The second-order valence-corrected chi connectivity index (χ2v) is 4.08.